The number of thioether (sulfide) groups is 1. The zero-order chi connectivity index (χ0) is 20.8. The highest BCUT2D eigenvalue weighted by Gasteiger charge is 2.27. The maximum atomic E-state index is 13.0. The summed E-state index contributed by atoms with van der Waals surface area (Å²) in [7, 11) is 3.27. The molecule has 3 rings (SSSR count). The van der Waals surface area contributed by atoms with E-state index in [0.29, 0.717) is 16.9 Å². The number of likely N-dealkylation sites (N-methyl/N-ethyl adjacent to an activating group) is 1. The van der Waals surface area contributed by atoms with E-state index in [2.05, 4.69) is 5.16 Å². The molecule has 0 radical (unpaired) electrons. The van der Waals surface area contributed by atoms with Gasteiger partial charge >= 0.3 is 5.97 Å². The second kappa shape index (κ2) is 9.43. The molecule has 7 heteroatoms. The van der Waals surface area contributed by atoms with Gasteiger partial charge in [0.1, 0.15) is 5.76 Å². The minimum absolute atomic E-state index is 0.298. The Kier molecular flexibility index (Phi) is 6.72. The predicted molar refractivity (Wildman–Crippen MR) is 111 cm³/mol. The van der Waals surface area contributed by atoms with Crippen LogP contribution in [0.1, 0.15) is 33.5 Å². The van der Waals surface area contributed by atoms with Crippen molar-refractivity contribution in [1.82, 2.24) is 10.1 Å². The Bertz CT molecular complexity index is 985. The Morgan fingerprint density at radius 3 is 2.45 bits per heavy atom. The van der Waals surface area contributed by atoms with Crippen molar-refractivity contribution in [3.63, 3.8) is 0 Å². The number of hydrogen-bond acceptors (Lipinski definition) is 6. The van der Waals surface area contributed by atoms with Crippen LogP contribution >= 0.6 is 11.8 Å². The van der Waals surface area contributed by atoms with Crippen molar-refractivity contribution in [2.45, 2.75) is 23.7 Å². The SMILES string of the molecule is Cc1cc(CSc2ccccc2C(=O)O[C@@H](C(=O)N(C)C)c2ccccc2)no1. The lowest BCUT2D eigenvalue weighted by Crippen LogP contribution is -2.31. The molecular formula is C22H22N2O4S. The number of carbonyl (C=O) groups excluding carboxylic acids is 2. The first-order valence-electron chi connectivity index (χ1n) is 9.07. The van der Waals surface area contributed by atoms with Crippen LogP contribution in [0, 0.1) is 6.92 Å². The van der Waals surface area contributed by atoms with E-state index in [1.807, 2.05) is 43.3 Å². The lowest BCUT2D eigenvalue weighted by Gasteiger charge is -2.21. The third kappa shape index (κ3) is 5.26. The molecule has 3 aromatic rings. The number of aromatic nitrogens is 1. The molecule has 0 saturated heterocycles. The van der Waals surface area contributed by atoms with E-state index in [4.69, 9.17) is 9.26 Å². The van der Waals surface area contributed by atoms with Gasteiger partial charge in [-0.1, -0.05) is 47.6 Å². The Balaban J connectivity index is 1.80. The van der Waals surface area contributed by atoms with Gasteiger partial charge in [0, 0.05) is 36.4 Å². The van der Waals surface area contributed by atoms with Crippen LogP contribution in [0.4, 0.5) is 0 Å². The number of ether oxygens (including phenoxy) is 1. The van der Waals surface area contributed by atoms with E-state index >= 15 is 0 Å². The number of nitrogens with zero attached hydrogens (tertiary/aromatic N) is 2. The molecule has 1 atom stereocenters. The molecule has 0 fully saturated rings. The maximum absolute atomic E-state index is 13.0. The first kappa shape index (κ1) is 20.7. The fourth-order valence-corrected chi connectivity index (χ4v) is 3.61. The summed E-state index contributed by atoms with van der Waals surface area (Å²) in [6.45, 7) is 1.83. The van der Waals surface area contributed by atoms with Crippen molar-refractivity contribution in [2.24, 2.45) is 0 Å². The quantitative estimate of drug-likeness (QED) is 0.428. The molecule has 150 valence electrons. The van der Waals surface area contributed by atoms with Crippen LogP contribution in [-0.2, 0) is 15.3 Å². The van der Waals surface area contributed by atoms with Gasteiger partial charge in [0.25, 0.3) is 5.91 Å². The van der Waals surface area contributed by atoms with Crippen molar-refractivity contribution < 1.29 is 18.8 Å². The molecule has 0 aliphatic heterocycles. The fraction of sp³-hybridized carbons (Fsp3) is 0.227. The third-order valence-electron chi connectivity index (χ3n) is 4.15. The average molecular weight is 410 g/mol. The Hall–Kier alpha value is -3.06. The van der Waals surface area contributed by atoms with E-state index in [9.17, 15) is 9.59 Å². The minimum Gasteiger partial charge on any atom is -0.444 e. The third-order valence-corrected chi connectivity index (χ3v) is 5.26. The van der Waals surface area contributed by atoms with Gasteiger partial charge in [0.2, 0.25) is 6.10 Å². The van der Waals surface area contributed by atoms with Crippen molar-refractivity contribution in [1.29, 1.82) is 0 Å². The molecule has 0 spiro atoms. The van der Waals surface area contributed by atoms with Crippen LogP contribution in [0.2, 0.25) is 0 Å². The van der Waals surface area contributed by atoms with Crippen molar-refractivity contribution in [3.8, 4) is 0 Å². The minimum atomic E-state index is -1.00. The van der Waals surface area contributed by atoms with E-state index < -0.39 is 12.1 Å². The summed E-state index contributed by atoms with van der Waals surface area (Å²) in [4.78, 5) is 27.8. The fourth-order valence-electron chi connectivity index (χ4n) is 2.69. The normalized spacial score (nSPS) is 11.7. The van der Waals surface area contributed by atoms with Crippen molar-refractivity contribution >= 4 is 23.6 Å². The largest absolute Gasteiger partial charge is 0.444 e. The molecule has 0 aliphatic carbocycles. The maximum Gasteiger partial charge on any atom is 0.340 e. The van der Waals surface area contributed by atoms with Crippen molar-refractivity contribution in [2.75, 3.05) is 14.1 Å². The predicted octanol–water partition coefficient (Wildman–Crippen LogP) is 4.26. The van der Waals surface area contributed by atoms with Gasteiger partial charge in [-0.15, -0.1) is 11.8 Å². The molecule has 1 heterocycles. The monoisotopic (exact) mass is 410 g/mol. The Morgan fingerprint density at radius 2 is 1.79 bits per heavy atom. The van der Waals surface area contributed by atoms with Gasteiger partial charge in [-0.05, 0) is 19.1 Å². The second-order valence-electron chi connectivity index (χ2n) is 6.64. The molecule has 0 N–H and O–H groups in total. The summed E-state index contributed by atoms with van der Waals surface area (Å²) in [6.07, 6.45) is -1.00. The summed E-state index contributed by atoms with van der Waals surface area (Å²) in [5.41, 5.74) is 1.83. The lowest BCUT2D eigenvalue weighted by molar-refractivity contribution is -0.138. The topological polar surface area (TPSA) is 72.6 Å². The van der Waals surface area contributed by atoms with E-state index in [0.717, 1.165) is 16.3 Å². The molecule has 6 nitrogen and oxygen atoms in total. The number of aryl methyl sites for hydroxylation is 1. The summed E-state index contributed by atoms with van der Waals surface area (Å²) in [5.74, 6) is 0.447. The van der Waals surface area contributed by atoms with Gasteiger partial charge in [0.15, 0.2) is 0 Å². The van der Waals surface area contributed by atoms with Crippen LogP contribution in [0.25, 0.3) is 0 Å². The van der Waals surface area contributed by atoms with Gasteiger partial charge in [-0.2, -0.15) is 0 Å². The van der Waals surface area contributed by atoms with Crippen LogP contribution < -0.4 is 0 Å². The van der Waals surface area contributed by atoms with Crippen LogP contribution in [0.3, 0.4) is 0 Å². The second-order valence-corrected chi connectivity index (χ2v) is 7.66. The summed E-state index contributed by atoms with van der Waals surface area (Å²) in [6, 6.07) is 18.0. The summed E-state index contributed by atoms with van der Waals surface area (Å²) in [5, 5.41) is 3.97. The van der Waals surface area contributed by atoms with Gasteiger partial charge in [0.05, 0.1) is 11.3 Å². The Labute approximate surface area is 173 Å². The van der Waals surface area contributed by atoms with Crippen LogP contribution in [0.5, 0.6) is 0 Å². The molecule has 0 unspecified atom stereocenters. The molecule has 1 amide bonds. The summed E-state index contributed by atoms with van der Waals surface area (Å²) >= 11 is 1.46. The molecule has 0 saturated carbocycles. The molecule has 1 aromatic heterocycles. The molecule has 0 bridgehead atoms. The zero-order valence-electron chi connectivity index (χ0n) is 16.5. The number of amides is 1. The highest BCUT2D eigenvalue weighted by molar-refractivity contribution is 7.98. The van der Waals surface area contributed by atoms with E-state index in [-0.39, 0.29) is 5.91 Å². The standard InChI is InChI=1S/C22H22N2O4S/c1-15-13-17(23-28-15)14-29-19-12-8-7-11-18(19)22(26)27-20(21(25)24(2)3)16-9-5-4-6-10-16/h4-13,20H,14H2,1-3H3/t20-/m1/s1. The zero-order valence-corrected chi connectivity index (χ0v) is 17.3. The van der Waals surface area contributed by atoms with Crippen LogP contribution in [-0.4, -0.2) is 36.0 Å². The van der Waals surface area contributed by atoms with Gasteiger partial charge in [-0.25, -0.2) is 4.79 Å². The number of esters is 1. The first-order valence-corrected chi connectivity index (χ1v) is 10.1. The first-order chi connectivity index (χ1) is 14.0. The number of benzene rings is 2. The smallest absolute Gasteiger partial charge is 0.340 e. The van der Waals surface area contributed by atoms with Crippen molar-refractivity contribution in [3.05, 3.63) is 83.2 Å². The molecule has 29 heavy (non-hydrogen) atoms. The number of hydrogen-bond donors (Lipinski definition) is 0. The summed E-state index contributed by atoms with van der Waals surface area (Å²) < 4.78 is 10.7. The molecule has 2 aromatic carbocycles. The van der Waals surface area contributed by atoms with E-state index in [1.165, 1.54) is 16.7 Å². The van der Waals surface area contributed by atoms with Gasteiger partial charge in [-0.3, -0.25) is 4.79 Å². The van der Waals surface area contributed by atoms with Gasteiger partial charge < -0.3 is 14.2 Å². The average Bonchev–Trinajstić information content (AvgIpc) is 3.15. The highest BCUT2D eigenvalue weighted by Crippen LogP contribution is 2.29. The molecular weight excluding hydrogens is 388 g/mol. The van der Waals surface area contributed by atoms with Crippen LogP contribution in [0.15, 0.2) is 70.1 Å². The Morgan fingerprint density at radius 1 is 1.10 bits per heavy atom. The lowest BCUT2D eigenvalue weighted by atomic mass is 10.1. The molecule has 0 aliphatic rings. The highest BCUT2D eigenvalue weighted by atomic mass is 32.2. The van der Waals surface area contributed by atoms with E-state index in [1.54, 1.807) is 38.4 Å². The number of carbonyl (C=O) groups is 2. The number of rotatable bonds is 7.